The molecule has 0 unspecified atom stereocenters. The molecular formula is C22H18F2O5S. The highest BCUT2D eigenvalue weighted by Crippen LogP contribution is 2.34. The zero-order valence-corrected chi connectivity index (χ0v) is 16.7. The predicted molar refractivity (Wildman–Crippen MR) is 107 cm³/mol. The van der Waals surface area contributed by atoms with E-state index in [1.165, 1.54) is 55.3 Å². The average Bonchev–Trinajstić information content (AvgIpc) is 2.74. The topological polar surface area (TPSA) is 76.7 Å². The Balaban J connectivity index is 1.95. The summed E-state index contributed by atoms with van der Waals surface area (Å²) in [4.78, 5) is 25.0. The molecule has 0 aliphatic heterocycles. The summed E-state index contributed by atoms with van der Waals surface area (Å²) in [6.07, 6.45) is -0.215. The van der Waals surface area contributed by atoms with E-state index in [-0.39, 0.29) is 29.5 Å². The molecular weight excluding hydrogens is 414 g/mol. The van der Waals surface area contributed by atoms with Gasteiger partial charge < -0.3 is 14.3 Å². The van der Waals surface area contributed by atoms with Gasteiger partial charge in [-0.15, -0.1) is 11.8 Å². The van der Waals surface area contributed by atoms with Crippen molar-refractivity contribution >= 4 is 17.7 Å². The smallest absolute Gasteiger partial charge is 0.306 e. The van der Waals surface area contributed by atoms with Crippen molar-refractivity contribution in [2.24, 2.45) is 0 Å². The molecule has 5 nitrogen and oxygen atoms in total. The van der Waals surface area contributed by atoms with Gasteiger partial charge in [0.25, 0.3) is 0 Å². The van der Waals surface area contributed by atoms with E-state index in [0.29, 0.717) is 5.56 Å². The molecule has 3 rings (SSSR count). The van der Waals surface area contributed by atoms with E-state index in [4.69, 9.17) is 9.15 Å². The summed E-state index contributed by atoms with van der Waals surface area (Å²) in [5.41, 5.74) is -0.188. The molecule has 156 valence electrons. The Kier molecular flexibility index (Phi) is 6.89. The molecule has 0 bridgehead atoms. The van der Waals surface area contributed by atoms with Crippen LogP contribution in [0.2, 0.25) is 0 Å². The third-order valence-corrected chi connectivity index (χ3v) is 5.42. The first-order chi connectivity index (χ1) is 14.4. The van der Waals surface area contributed by atoms with Gasteiger partial charge in [0.1, 0.15) is 17.4 Å². The average molecular weight is 432 g/mol. The number of hydrogen-bond acceptors (Lipinski definition) is 6. The molecule has 8 heteroatoms. The highest BCUT2D eigenvalue weighted by molar-refractivity contribution is 7.98. The second-order valence-corrected chi connectivity index (χ2v) is 7.47. The molecule has 1 heterocycles. The molecule has 3 aromatic rings. The largest absolute Gasteiger partial charge is 0.502 e. The Bertz CT molecular complexity index is 1080. The lowest BCUT2D eigenvalue weighted by molar-refractivity contribution is -0.140. The molecule has 0 aliphatic carbocycles. The van der Waals surface area contributed by atoms with Crippen LogP contribution in [0.15, 0.2) is 68.7 Å². The molecule has 0 fully saturated rings. The van der Waals surface area contributed by atoms with E-state index in [1.54, 1.807) is 12.1 Å². The van der Waals surface area contributed by atoms with Crippen LogP contribution in [0, 0.1) is 11.6 Å². The SMILES string of the molecule is COC(=O)C[C@H](c1ccc(F)cc1)c1oc(CSc2ccc(F)cc2)cc(=O)c1O. The number of carbonyl (C=O) groups is 1. The summed E-state index contributed by atoms with van der Waals surface area (Å²) < 4.78 is 36.9. The number of thioether (sulfide) groups is 1. The molecule has 0 spiro atoms. The predicted octanol–water partition coefficient (Wildman–Crippen LogP) is 4.61. The van der Waals surface area contributed by atoms with Crippen LogP contribution in [0.1, 0.15) is 29.4 Å². The van der Waals surface area contributed by atoms with E-state index >= 15 is 0 Å². The van der Waals surface area contributed by atoms with E-state index in [9.17, 15) is 23.5 Å². The van der Waals surface area contributed by atoms with Crippen molar-refractivity contribution < 1.29 is 27.8 Å². The summed E-state index contributed by atoms with van der Waals surface area (Å²) in [5.74, 6) is -2.48. The summed E-state index contributed by atoms with van der Waals surface area (Å²) in [6.45, 7) is 0. The Labute approximate surface area is 175 Å². The lowest BCUT2D eigenvalue weighted by Gasteiger charge is -2.17. The van der Waals surface area contributed by atoms with Gasteiger partial charge >= 0.3 is 5.97 Å². The Morgan fingerprint density at radius 3 is 2.30 bits per heavy atom. The van der Waals surface area contributed by atoms with Crippen molar-refractivity contribution in [3.63, 3.8) is 0 Å². The zero-order valence-electron chi connectivity index (χ0n) is 15.9. The van der Waals surface area contributed by atoms with Crippen LogP contribution in [0.5, 0.6) is 5.75 Å². The van der Waals surface area contributed by atoms with Crippen LogP contribution < -0.4 is 5.43 Å². The Morgan fingerprint density at radius 1 is 1.10 bits per heavy atom. The van der Waals surface area contributed by atoms with Crippen LogP contribution in [0.4, 0.5) is 8.78 Å². The third-order valence-electron chi connectivity index (χ3n) is 4.38. The number of esters is 1. The number of methoxy groups -OCH3 is 1. The molecule has 2 aromatic carbocycles. The van der Waals surface area contributed by atoms with Crippen LogP contribution in [0.25, 0.3) is 0 Å². The summed E-state index contributed by atoms with van der Waals surface area (Å²) in [6, 6.07) is 12.3. The number of ether oxygens (including phenoxy) is 1. The van der Waals surface area contributed by atoms with Gasteiger partial charge in [-0.2, -0.15) is 0 Å². The second kappa shape index (κ2) is 9.58. The van der Waals surface area contributed by atoms with E-state index in [2.05, 4.69) is 0 Å². The van der Waals surface area contributed by atoms with Gasteiger partial charge in [0.05, 0.1) is 25.2 Å². The summed E-state index contributed by atoms with van der Waals surface area (Å²) >= 11 is 1.31. The molecule has 0 radical (unpaired) electrons. The molecule has 0 aliphatic rings. The van der Waals surface area contributed by atoms with Gasteiger partial charge in [-0.3, -0.25) is 9.59 Å². The zero-order chi connectivity index (χ0) is 21.7. The van der Waals surface area contributed by atoms with E-state index in [1.807, 2.05) is 0 Å². The lowest BCUT2D eigenvalue weighted by atomic mass is 9.92. The maximum Gasteiger partial charge on any atom is 0.306 e. The minimum atomic E-state index is -0.846. The first-order valence-electron chi connectivity index (χ1n) is 8.94. The van der Waals surface area contributed by atoms with E-state index in [0.717, 1.165) is 11.0 Å². The van der Waals surface area contributed by atoms with Crippen LogP contribution in [-0.2, 0) is 15.3 Å². The first-order valence-corrected chi connectivity index (χ1v) is 9.92. The molecule has 0 saturated heterocycles. The van der Waals surface area contributed by atoms with Crippen LogP contribution in [-0.4, -0.2) is 18.2 Å². The maximum atomic E-state index is 13.3. The Hall–Kier alpha value is -3.13. The minimum absolute atomic E-state index is 0.103. The standard InChI is InChI=1S/C22H18F2O5S/c1-28-20(26)11-18(13-2-4-14(23)5-3-13)22-21(27)19(25)10-16(29-22)12-30-17-8-6-15(24)7-9-17/h2-10,18,27H,11-12H2,1H3/t18-/m1/s1. The molecule has 1 aromatic heterocycles. The highest BCUT2D eigenvalue weighted by atomic mass is 32.2. The number of aromatic hydroxyl groups is 1. The molecule has 1 atom stereocenters. The van der Waals surface area contributed by atoms with Gasteiger partial charge in [0.15, 0.2) is 5.76 Å². The number of rotatable bonds is 7. The summed E-state index contributed by atoms with van der Waals surface area (Å²) in [7, 11) is 1.22. The van der Waals surface area contributed by atoms with Gasteiger partial charge in [0, 0.05) is 11.0 Å². The van der Waals surface area contributed by atoms with E-state index < -0.39 is 28.9 Å². The number of hydrogen-bond donors (Lipinski definition) is 1. The van der Waals surface area contributed by atoms with Crippen molar-refractivity contribution in [2.75, 3.05) is 7.11 Å². The molecule has 0 amide bonds. The second-order valence-electron chi connectivity index (χ2n) is 6.42. The van der Waals surface area contributed by atoms with Crippen molar-refractivity contribution in [1.29, 1.82) is 0 Å². The van der Waals surface area contributed by atoms with Gasteiger partial charge in [-0.1, -0.05) is 12.1 Å². The molecule has 1 N–H and O–H groups in total. The third kappa shape index (κ3) is 5.27. The maximum absolute atomic E-state index is 13.3. The highest BCUT2D eigenvalue weighted by Gasteiger charge is 2.26. The van der Waals surface area contributed by atoms with Crippen molar-refractivity contribution in [2.45, 2.75) is 23.0 Å². The number of halogens is 2. The fourth-order valence-corrected chi connectivity index (χ4v) is 3.63. The van der Waals surface area contributed by atoms with Gasteiger partial charge in [0.2, 0.25) is 11.2 Å². The minimum Gasteiger partial charge on any atom is -0.502 e. The lowest BCUT2D eigenvalue weighted by Crippen LogP contribution is -2.14. The summed E-state index contributed by atoms with van der Waals surface area (Å²) in [5, 5.41) is 10.3. The Morgan fingerprint density at radius 2 is 1.70 bits per heavy atom. The monoisotopic (exact) mass is 432 g/mol. The fraction of sp³-hybridized carbons (Fsp3) is 0.182. The molecule has 30 heavy (non-hydrogen) atoms. The van der Waals surface area contributed by atoms with Crippen molar-refractivity contribution in [3.8, 4) is 5.75 Å². The molecule has 0 saturated carbocycles. The van der Waals surface area contributed by atoms with Crippen molar-refractivity contribution in [3.05, 3.63) is 93.5 Å². The fourth-order valence-electron chi connectivity index (χ4n) is 2.85. The normalized spacial score (nSPS) is 11.8. The first kappa shape index (κ1) is 21.6. The van der Waals surface area contributed by atoms with Crippen LogP contribution in [0.3, 0.4) is 0 Å². The quantitative estimate of drug-likeness (QED) is 0.434. The van der Waals surface area contributed by atoms with Crippen molar-refractivity contribution in [1.82, 2.24) is 0 Å². The van der Waals surface area contributed by atoms with Gasteiger partial charge in [-0.25, -0.2) is 8.78 Å². The van der Waals surface area contributed by atoms with Crippen LogP contribution >= 0.6 is 11.8 Å². The van der Waals surface area contributed by atoms with Gasteiger partial charge in [-0.05, 0) is 42.0 Å². The number of benzene rings is 2. The number of carbonyl (C=O) groups excluding carboxylic acids is 1.